The smallest absolute Gasteiger partial charge is 0.224 e. The van der Waals surface area contributed by atoms with Crippen LogP contribution in [0, 0.1) is 0 Å². The summed E-state index contributed by atoms with van der Waals surface area (Å²) in [6.45, 7) is 9.60. The number of para-hydroxylation sites is 1. The number of piperazine rings is 1. The Bertz CT molecular complexity index is 721. The molecule has 1 aliphatic rings. The summed E-state index contributed by atoms with van der Waals surface area (Å²) >= 11 is 0. The average molecular weight is 366 g/mol. The summed E-state index contributed by atoms with van der Waals surface area (Å²) in [5.41, 5.74) is 3.79. The Morgan fingerprint density at radius 3 is 2.33 bits per heavy atom. The van der Waals surface area contributed by atoms with Crippen molar-refractivity contribution < 1.29 is 4.79 Å². The summed E-state index contributed by atoms with van der Waals surface area (Å²) in [6, 6.07) is 18.9. The molecule has 27 heavy (non-hydrogen) atoms. The third-order valence-electron chi connectivity index (χ3n) is 5.21. The van der Waals surface area contributed by atoms with Crippen LogP contribution in [0.5, 0.6) is 0 Å². The fourth-order valence-electron chi connectivity index (χ4n) is 3.62. The minimum atomic E-state index is 0.254. The van der Waals surface area contributed by atoms with Crippen molar-refractivity contribution in [2.75, 3.05) is 38.0 Å². The van der Waals surface area contributed by atoms with Gasteiger partial charge in [-0.05, 0) is 23.1 Å². The first-order valence-electron chi connectivity index (χ1n) is 10.0. The maximum Gasteiger partial charge on any atom is 0.224 e. The van der Waals surface area contributed by atoms with E-state index in [9.17, 15) is 4.79 Å². The highest BCUT2D eigenvalue weighted by atomic mass is 16.2. The number of nitrogens with zero attached hydrogens (tertiary/aromatic N) is 2. The zero-order valence-corrected chi connectivity index (χ0v) is 16.5. The third-order valence-corrected chi connectivity index (χ3v) is 5.21. The van der Waals surface area contributed by atoms with Gasteiger partial charge in [0.25, 0.3) is 0 Å². The number of rotatable bonds is 7. The van der Waals surface area contributed by atoms with Crippen LogP contribution in [-0.4, -0.2) is 48.4 Å². The van der Waals surface area contributed by atoms with Crippen LogP contribution >= 0.6 is 0 Å². The molecule has 1 amide bonds. The van der Waals surface area contributed by atoms with Crippen molar-refractivity contribution in [2.24, 2.45) is 0 Å². The van der Waals surface area contributed by atoms with Crippen LogP contribution in [0.1, 0.15) is 37.3 Å². The first-order valence-corrected chi connectivity index (χ1v) is 10.0. The molecule has 0 bridgehead atoms. The monoisotopic (exact) mass is 365 g/mol. The third kappa shape index (κ3) is 5.57. The highest BCUT2D eigenvalue weighted by Crippen LogP contribution is 2.23. The van der Waals surface area contributed by atoms with E-state index >= 15 is 0 Å². The van der Waals surface area contributed by atoms with Crippen molar-refractivity contribution in [2.45, 2.75) is 32.7 Å². The van der Waals surface area contributed by atoms with Crippen LogP contribution in [0.15, 0.2) is 54.6 Å². The van der Waals surface area contributed by atoms with Crippen molar-refractivity contribution in [1.82, 2.24) is 9.80 Å². The van der Waals surface area contributed by atoms with Gasteiger partial charge in [0.1, 0.15) is 0 Å². The predicted molar refractivity (Wildman–Crippen MR) is 112 cm³/mol. The lowest BCUT2D eigenvalue weighted by molar-refractivity contribution is -0.132. The minimum Gasteiger partial charge on any atom is -0.384 e. The molecule has 0 aromatic heterocycles. The van der Waals surface area contributed by atoms with Gasteiger partial charge in [0.2, 0.25) is 5.91 Å². The number of nitrogens with one attached hydrogen (secondary N) is 1. The van der Waals surface area contributed by atoms with Crippen molar-refractivity contribution in [3.05, 3.63) is 65.7 Å². The molecule has 0 atom stereocenters. The molecule has 3 rings (SSSR count). The molecule has 4 nitrogen and oxygen atoms in total. The van der Waals surface area contributed by atoms with Gasteiger partial charge in [0.05, 0.1) is 0 Å². The van der Waals surface area contributed by atoms with Crippen LogP contribution in [0.4, 0.5) is 5.69 Å². The van der Waals surface area contributed by atoms with Crippen molar-refractivity contribution in [1.29, 1.82) is 0 Å². The van der Waals surface area contributed by atoms with Crippen LogP contribution in [0.25, 0.3) is 0 Å². The van der Waals surface area contributed by atoms with Crippen LogP contribution < -0.4 is 5.32 Å². The summed E-state index contributed by atoms with van der Waals surface area (Å²) < 4.78 is 0. The van der Waals surface area contributed by atoms with E-state index in [2.05, 4.69) is 66.5 Å². The molecule has 1 fully saturated rings. The van der Waals surface area contributed by atoms with E-state index < -0.39 is 0 Å². The van der Waals surface area contributed by atoms with E-state index in [4.69, 9.17) is 0 Å². The molecule has 144 valence electrons. The molecular weight excluding hydrogens is 334 g/mol. The summed E-state index contributed by atoms with van der Waals surface area (Å²) in [5.74, 6) is 0.728. The lowest BCUT2D eigenvalue weighted by atomic mass is 10.0. The normalized spacial score (nSPS) is 15.1. The Kier molecular flexibility index (Phi) is 6.88. The largest absolute Gasteiger partial charge is 0.384 e. The van der Waals surface area contributed by atoms with E-state index in [1.54, 1.807) is 0 Å². The van der Waals surface area contributed by atoms with Crippen LogP contribution in [-0.2, 0) is 11.3 Å². The Labute approximate surface area is 163 Å². The summed E-state index contributed by atoms with van der Waals surface area (Å²) in [5, 5.41) is 3.45. The molecule has 4 heteroatoms. The quantitative estimate of drug-likeness (QED) is 0.807. The number of carbonyl (C=O) groups excluding carboxylic acids is 1. The number of anilines is 1. The van der Waals surface area contributed by atoms with Crippen molar-refractivity contribution in [3.63, 3.8) is 0 Å². The fourth-order valence-corrected chi connectivity index (χ4v) is 3.62. The maximum atomic E-state index is 12.5. The van der Waals surface area contributed by atoms with Gasteiger partial charge in [-0.1, -0.05) is 62.4 Å². The second-order valence-electron chi connectivity index (χ2n) is 7.56. The Morgan fingerprint density at radius 2 is 1.63 bits per heavy atom. The van der Waals surface area contributed by atoms with E-state index in [1.807, 2.05) is 17.0 Å². The van der Waals surface area contributed by atoms with Crippen molar-refractivity contribution in [3.8, 4) is 0 Å². The van der Waals surface area contributed by atoms with E-state index in [1.165, 1.54) is 11.1 Å². The predicted octanol–water partition coefficient (Wildman–Crippen LogP) is 3.96. The van der Waals surface area contributed by atoms with Crippen molar-refractivity contribution >= 4 is 11.6 Å². The molecule has 1 heterocycles. The minimum absolute atomic E-state index is 0.254. The van der Waals surface area contributed by atoms with Crippen LogP contribution in [0.2, 0.25) is 0 Å². The first kappa shape index (κ1) is 19.4. The summed E-state index contributed by atoms with van der Waals surface area (Å²) in [6.07, 6.45) is 0.547. The molecule has 1 aliphatic heterocycles. The van der Waals surface area contributed by atoms with E-state index in [0.29, 0.717) is 18.9 Å². The Balaban J connectivity index is 1.41. The molecular formula is C23H31N3O. The molecule has 0 aliphatic carbocycles. The second kappa shape index (κ2) is 9.56. The zero-order valence-electron chi connectivity index (χ0n) is 16.5. The number of amides is 1. The van der Waals surface area contributed by atoms with Gasteiger partial charge >= 0.3 is 0 Å². The SMILES string of the molecule is CC(C)c1ccccc1NCCC(=O)N1CCN(Cc2ccccc2)CC1. The van der Waals surface area contributed by atoms with Gasteiger partial charge in [-0.3, -0.25) is 9.69 Å². The fraction of sp³-hybridized carbons (Fsp3) is 0.435. The maximum absolute atomic E-state index is 12.5. The van der Waals surface area contributed by atoms with Gasteiger partial charge in [0.15, 0.2) is 0 Å². The molecule has 1 saturated heterocycles. The first-order chi connectivity index (χ1) is 13.1. The van der Waals surface area contributed by atoms with E-state index in [-0.39, 0.29) is 5.91 Å². The highest BCUT2D eigenvalue weighted by molar-refractivity contribution is 5.77. The molecule has 1 N–H and O–H groups in total. The highest BCUT2D eigenvalue weighted by Gasteiger charge is 2.20. The van der Waals surface area contributed by atoms with E-state index in [0.717, 1.165) is 38.4 Å². The summed E-state index contributed by atoms with van der Waals surface area (Å²) in [4.78, 5) is 17.0. The molecule has 2 aromatic rings. The number of benzene rings is 2. The number of carbonyl (C=O) groups is 1. The van der Waals surface area contributed by atoms with Gasteiger partial charge in [-0.2, -0.15) is 0 Å². The lowest BCUT2D eigenvalue weighted by Gasteiger charge is -2.35. The molecule has 0 unspecified atom stereocenters. The van der Waals surface area contributed by atoms with Crippen LogP contribution in [0.3, 0.4) is 0 Å². The topological polar surface area (TPSA) is 35.6 Å². The molecule has 0 spiro atoms. The number of hydrogen-bond acceptors (Lipinski definition) is 3. The van der Waals surface area contributed by atoms with Gasteiger partial charge in [-0.15, -0.1) is 0 Å². The van der Waals surface area contributed by atoms with Gasteiger partial charge in [0, 0.05) is 51.4 Å². The summed E-state index contributed by atoms with van der Waals surface area (Å²) in [7, 11) is 0. The standard InChI is InChI=1S/C23H31N3O/c1-19(2)21-10-6-7-11-22(21)24-13-12-23(27)26-16-14-25(15-17-26)18-20-8-4-3-5-9-20/h3-11,19,24H,12-18H2,1-2H3. The zero-order chi connectivity index (χ0) is 19.1. The Morgan fingerprint density at radius 1 is 0.963 bits per heavy atom. The van der Waals surface area contributed by atoms with Gasteiger partial charge < -0.3 is 10.2 Å². The second-order valence-corrected chi connectivity index (χ2v) is 7.56. The van der Waals surface area contributed by atoms with Gasteiger partial charge in [-0.25, -0.2) is 0 Å². The molecule has 2 aromatic carbocycles. The molecule has 0 saturated carbocycles. The number of hydrogen-bond donors (Lipinski definition) is 1. The molecule has 0 radical (unpaired) electrons. The Hall–Kier alpha value is -2.33. The average Bonchev–Trinajstić information content (AvgIpc) is 2.69. The lowest BCUT2D eigenvalue weighted by Crippen LogP contribution is -2.48.